The van der Waals surface area contributed by atoms with Gasteiger partial charge in [-0.05, 0) is 68.1 Å². The predicted molar refractivity (Wildman–Crippen MR) is 159 cm³/mol. The molecule has 7 nitrogen and oxygen atoms in total. The Morgan fingerprint density at radius 1 is 0.897 bits per heavy atom. The largest absolute Gasteiger partial charge is 0.354 e. The lowest BCUT2D eigenvalue weighted by Crippen LogP contribution is -2.51. The summed E-state index contributed by atoms with van der Waals surface area (Å²) in [5.41, 5.74) is 2.86. The fourth-order valence-electron chi connectivity index (χ4n) is 4.02. The van der Waals surface area contributed by atoms with Crippen molar-refractivity contribution < 1.29 is 18.0 Å². The van der Waals surface area contributed by atoms with Crippen LogP contribution in [0.1, 0.15) is 37.5 Å². The molecule has 0 aromatic heterocycles. The summed E-state index contributed by atoms with van der Waals surface area (Å²) < 4.78 is 29.8. The van der Waals surface area contributed by atoms with Crippen LogP contribution in [0.3, 0.4) is 0 Å². The van der Waals surface area contributed by atoms with Crippen LogP contribution in [0, 0.1) is 19.8 Å². The number of nitrogens with one attached hydrogen (secondary N) is 1. The second-order valence-electron chi connectivity index (χ2n) is 10.1. The summed E-state index contributed by atoms with van der Waals surface area (Å²) in [4.78, 5) is 28.5. The Kier molecular flexibility index (Phi) is 10.3. The Balaban J connectivity index is 2.02. The van der Waals surface area contributed by atoms with Gasteiger partial charge in [0, 0.05) is 17.6 Å². The molecule has 1 atom stereocenters. The number of carbonyl (C=O) groups excluding carboxylic acids is 2. The Hall–Kier alpha value is -3.17. The summed E-state index contributed by atoms with van der Waals surface area (Å²) in [6.07, 6.45) is 0. The van der Waals surface area contributed by atoms with E-state index in [9.17, 15) is 18.0 Å². The second kappa shape index (κ2) is 13.3. The predicted octanol–water partition coefficient (Wildman–Crippen LogP) is 5.45. The molecule has 0 aliphatic carbocycles. The third kappa shape index (κ3) is 7.92. The van der Waals surface area contributed by atoms with Crippen LogP contribution < -0.4 is 9.62 Å². The zero-order valence-electron chi connectivity index (χ0n) is 23.0. The van der Waals surface area contributed by atoms with Gasteiger partial charge in [0.25, 0.3) is 10.0 Å². The Bertz CT molecular complexity index is 1390. The maximum atomic E-state index is 14.0. The molecule has 3 aromatic carbocycles. The topological polar surface area (TPSA) is 86.8 Å². The molecule has 0 saturated carbocycles. The summed E-state index contributed by atoms with van der Waals surface area (Å²) in [6, 6.07) is 20.2. The number of sulfonamides is 1. The molecule has 0 fully saturated rings. The Morgan fingerprint density at radius 2 is 1.51 bits per heavy atom. The van der Waals surface area contributed by atoms with Crippen molar-refractivity contribution in [3.63, 3.8) is 0 Å². The van der Waals surface area contributed by atoms with Crippen molar-refractivity contribution >= 4 is 43.5 Å². The van der Waals surface area contributed by atoms with Gasteiger partial charge in [-0.1, -0.05) is 77.8 Å². The molecule has 0 spiro atoms. The fraction of sp³-hybridized carbons (Fsp3) is 0.333. The summed E-state index contributed by atoms with van der Waals surface area (Å²) in [7, 11) is -4.09. The number of hydrogen-bond acceptors (Lipinski definition) is 4. The molecule has 39 heavy (non-hydrogen) atoms. The van der Waals surface area contributed by atoms with Crippen LogP contribution in [0.2, 0.25) is 0 Å². The average Bonchev–Trinajstić information content (AvgIpc) is 2.90. The lowest BCUT2D eigenvalue weighted by atomic mass is 10.1. The molecular weight excluding hydrogens is 578 g/mol. The SMILES string of the molecule is Cc1ccc(S(=O)(=O)N(CC(=O)N(Cc2ccc(Br)cc2)[C@H](C)C(=O)NCC(C)C)c2ccccc2C)cc1. The third-order valence-electron chi connectivity index (χ3n) is 6.39. The van der Waals surface area contributed by atoms with Crippen molar-refractivity contribution in [1.29, 1.82) is 0 Å². The minimum absolute atomic E-state index is 0.0892. The minimum Gasteiger partial charge on any atom is -0.354 e. The fourth-order valence-corrected chi connectivity index (χ4v) is 5.76. The van der Waals surface area contributed by atoms with Crippen LogP contribution >= 0.6 is 15.9 Å². The number of carbonyl (C=O) groups is 2. The molecule has 1 N–H and O–H groups in total. The van der Waals surface area contributed by atoms with Crippen LogP contribution in [-0.2, 0) is 26.2 Å². The van der Waals surface area contributed by atoms with E-state index in [-0.39, 0.29) is 23.3 Å². The number of rotatable bonds is 11. The first-order valence-corrected chi connectivity index (χ1v) is 15.1. The van der Waals surface area contributed by atoms with Crippen molar-refractivity contribution in [3.05, 3.63) is 94.0 Å². The molecule has 2 amide bonds. The first kappa shape index (κ1) is 30.4. The Labute approximate surface area is 240 Å². The van der Waals surface area contributed by atoms with Crippen molar-refractivity contribution in [2.24, 2.45) is 5.92 Å². The van der Waals surface area contributed by atoms with E-state index in [2.05, 4.69) is 21.2 Å². The monoisotopic (exact) mass is 613 g/mol. The molecular formula is C30H36BrN3O4S. The average molecular weight is 615 g/mol. The number of hydrogen-bond donors (Lipinski definition) is 1. The van der Waals surface area contributed by atoms with Gasteiger partial charge in [0.15, 0.2) is 0 Å². The number of para-hydroxylation sites is 1. The highest BCUT2D eigenvalue weighted by molar-refractivity contribution is 9.10. The van der Waals surface area contributed by atoms with Crippen molar-refractivity contribution in [3.8, 4) is 0 Å². The first-order valence-electron chi connectivity index (χ1n) is 12.9. The molecule has 0 radical (unpaired) electrons. The zero-order valence-corrected chi connectivity index (χ0v) is 25.4. The van der Waals surface area contributed by atoms with Crippen LogP contribution in [0.4, 0.5) is 5.69 Å². The van der Waals surface area contributed by atoms with Gasteiger partial charge >= 0.3 is 0 Å². The van der Waals surface area contributed by atoms with Crippen LogP contribution in [-0.4, -0.2) is 44.3 Å². The van der Waals surface area contributed by atoms with Gasteiger partial charge < -0.3 is 10.2 Å². The maximum absolute atomic E-state index is 14.0. The number of nitrogens with zero attached hydrogens (tertiary/aromatic N) is 2. The van der Waals surface area contributed by atoms with E-state index in [0.29, 0.717) is 17.8 Å². The van der Waals surface area contributed by atoms with Gasteiger partial charge in [-0.3, -0.25) is 13.9 Å². The van der Waals surface area contributed by atoms with E-state index in [4.69, 9.17) is 0 Å². The lowest BCUT2D eigenvalue weighted by Gasteiger charge is -2.32. The molecule has 0 heterocycles. The third-order valence-corrected chi connectivity index (χ3v) is 8.69. The highest BCUT2D eigenvalue weighted by atomic mass is 79.9. The Morgan fingerprint density at radius 3 is 2.10 bits per heavy atom. The first-order chi connectivity index (χ1) is 18.4. The molecule has 9 heteroatoms. The summed E-state index contributed by atoms with van der Waals surface area (Å²) in [6.45, 7) is 9.49. The number of amides is 2. The van der Waals surface area contributed by atoms with Gasteiger partial charge in [-0.15, -0.1) is 0 Å². The van der Waals surface area contributed by atoms with E-state index < -0.39 is 28.5 Å². The second-order valence-corrected chi connectivity index (χ2v) is 12.9. The number of halogens is 1. The van der Waals surface area contributed by atoms with Crippen LogP contribution in [0.25, 0.3) is 0 Å². The molecule has 0 aliphatic rings. The summed E-state index contributed by atoms with van der Waals surface area (Å²) in [5.74, 6) is -0.532. The molecule has 0 unspecified atom stereocenters. The molecule has 0 saturated heterocycles. The van der Waals surface area contributed by atoms with E-state index in [0.717, 1.165) is 19.9 Å². The highest BCUT2D eigenvalue weighted by Gasteiger charge is 2.33. The van der Waals surface area contributed by atoms with E-state index in [1.54, 1.807) is 56.3 Å². The summed E-state index contributed by atoms with van der Waals surface area (Å²) in [5, 5.41) is 2.90. The van der Waals surface area contributed by atoms with Gasteiger partial charge in [-0.25, -0.2) is 8.42 Å². The molecule has 3 aromatic rings. The number of anilines is 1. The van der Waals surface area contributed by atoms with Crippen LogP contribution in [0.5, 0.6) is 0 Å². The van der Waals surface area contributed by atoms with Gasteiger partial charge in [0.05, 0.1) is 10.6 Å². The van der Waals surface area contributed by atoms with Crippen molar-refractivity contribution in [2.45, 2.75) is 52.1 Å². The quantitative estimate of drug-likeness (QED) is 0.311. The molecule has 0 bridgehead atoms. The standard InChI is InChI=1S/C30H36BrN3O4S/c1-21(2)18-32-30(36)24(5)33(19-25-12-14-26(31)15-13-25)29(35)20-34(28-9-7-6-8-23(28)4)39(37,38)27-16-10-22(3)11-17-27/h6-17,21,24H,18-20H2,1-5H3,(H,32,36)/t24-/m1/s1. The highest BCUT2D eigenvalue weighted by Crippen LogP contribution is 2.27. The van der Waals surface area contributed by atoms with E-state index in [1.165, 1.54) is 4.90 Å². The van der Waals surface area contributed by atoms with Gasteiger partial charge in [0.1, 0.15) is 12.6 Å². The maximum Gasteiger partial charge on any atom is 0.264 e. The summed E-state index contributed by atoms with van der Waals surface area (Å²) >= 11 is 3.42. The molecule has 0 aliphatic heterocycles. The van der Waals surface area contributed by atoms with Gasteiger partial charge in [-0.2, -0.15) is 0 Å². The van der Waals surface area contributed by atoms with Crippen molar-refractivity contribution in [2.75, 3.05) is 17.4 Å². The number of benzene rings is 3. The smallest absolute Gasteiger partial charge is 0.264 e. The van der Waals surface area contributed by atoms with E-state index >= 15 is 0 Å². The van der Waals surface area contributed by atoms with Gasteiger partial charge in [0.2, 0.25) is 11.8 Å². The molecule has 208 valence electrons. The van der Waals surface area contributed by atoms with Crippen molar-refractivity contribution in [1.82, 2.24) is 10.2 Å². The zero-order chi connectivity index (χ0) is 28.7. The van der Waals surface area contributed by atoms with Crippen LogP contribution in [0.15, 0.2) is 82.2 Å². The normalized spacial score (nSPS) is 12.2. The van der Waals surface area contributed by atoms with E-state index in [1.807, 2.05) is 51.1 Å². The number of aryl methyl sites for hydroxylation is 2. The molecule has 3 rings (SSSR count). The minimum atomic E-state index is -4.09. The lowest BCUT2D eigenvalue weighted by molar-refractivity contribution is -0.139.